The maximum atomic E-state index is 12.1. The third-order valence-corrected chi connectivity index (χ3v) is 4.69. The summed E-state index contributed by atoms with van der Waals surface area (Å²) in [6.45, 7) is 4.38. The van der Waals surface area contributed by atoms with E-state index in [4.69, 9.17) is 0 Å². The molecule has 2 aromatic heterocycles. The molecule has 0 fully saturated rings. The van der Waals surface area contributed by atoms with Crippen LogP contribution in [-0.4, -0.2) is 27.2 Å². The Morgan fingerprint density at radius 2 is 2.09 bits per heavy atom. The molecule has 1 amide bonds. The molecule has 23 heavy (non-hydrogen) atoms. The van der Waals surface area contributed by atoms with Gasteiger partial charge >= 0.3 is 0 Å². The van der Waals surface area contributed by atoms with Crippen molar-refractivity contribution in [1.29, 1.82) is 0 Å². The molecule has 0 aliphatic heterocycles. The van der Waals surface area contributed by atoms with Crippen LogP contribution in [0.25, 0.3) is 10.2 Å². The highest BCUT2D eigenvalue weighted by Gasteiger charge is 2.12. The van der Waals surface area contributed by atoms with Gasteiger partial charge in [0.1, 0.15) is 0 Å². The molecule has 7 heteroatoms. The van der Waals surface area contributed by atoms with Crippen LogP contribution in [0.4, 0.5) is 10.8 Å². The van der Waals surface area contributed by atoms with Crippen LogP contribution in [0.3, 0.4) is 0 Å². The topological polar surface area (TPSA) is 71.8 Å². The number of nitrogens with zero attached hydrogens (tertiary/aromatic N) is 3. The van der Waals surface area contributed by atoms with Crippen molar-refractivity contribution < 1.29 is 4.79 Å². The van der Waals surface area contributed by atoms with E-state index in [9.17, 15) is 4.79 Å². The number of para-hydroxylation sites is 1. The summed E-state index contributed by atoms with van der Waals surface area (Å²) in [4.78, 5) is 16.6. The predicted molar refractivity (Wildman–Crippen MR) is 94.0 cm³/mol. The summed E-state index contributed by atoms with van der Waals surface area (Å²) in [5.41, 5.74) is 3.57. The Labute approximate surface area is 138 Å². The number of rotatable bonds is 5. The second kappa shape index (κ2) is 6.37. The summed E-state index contributed by atoms with van der Waals surface area (Å²) < 4.78 is 2.91. The fourth-order valence-corrected chi connectivity index (χ4v) is 3.28. The summed E-state index contributed by atoms with van der Waals surface area (Å²) in [5.74, 6) is -0.0298. The molecule has 0 aliphatic carbocycles. The molecule has 120 valence electrons. The van der Waals surface area contributed by atoms with Crippen LogP contribution in [0.15, 0.2) is 24.3 Å². The van der Waals surface area contributed by atoms with E-state index >= 15 is 0 Å². The number of benzene rings is 1. The first-order valence-electron chi connectivity index (χ1n) is 7.44. The Hall–Kier alpha value is -2.41. The molecule has 2 N–H and O–H groups in total. The minimum atomic E-state index is -0.0298. The fourth-order valence-electron chi connectivity index (χ4n) is 2.39. The second-order valence-electron chi connectivity index (χ2n) is 5.38. The van der Waals surface area contributed by atoms with Crippen molar-refractivity contribution in [3.05, 3.63) is 35.7 Å². The van der Waals surface area contributed by atoms with Crippen molar-refractivity contribution in [1.82, 2.24) is 14.8 Å². The maximum Gasteiger partial charge on any atom is 0.226 e. The smallest absolute Gasteiger partial charge is 0.226 e. The van der Waals surface area contributed by atoms with Crippen LogP contribution in [0.1, 0.15) is 17.8 Å². The third kappa shape index (κ3) is 3.34. The van der Waals surface area contributed by atoms with Crippen LogP contribution in [-0.2, 0) is 11.8 Å². The standard InChI is InChI=1S/C16H19N5OS/c1-10-15(11(2)21(3)20-10)19-14(22)8-9-17-16-18-12-6-4-5-7-13(12)23-16/h4-7H,8-9H2,1-3H3,(H,17,18)(H,19,22). The van der Waals surface area contributed by atoms with E-state index in [1.165, 1.54) is 0 Å². The quantitative estimate of drug-likeness (QED) is 0.754. The number of nitrogens with one attached hydrogen (secondary N) is 2. The Bertz CT molecular complexity index is 818. The molecule has 0 aliphatic rings. The van der Waals surface area contributed by atoms with Gasteiger partial charge in [0.25, 0.3) is 0 Å². The lowest BCUT2D eigenvalue weighted by Gasteiger charge is -2.06. The first kappa shape index (κ1) is 15.5. The van der Waals surface area contributed by atoms with E-state index < -0.39 is 0 Å². The number of carbonyl (C=O) groups excluding carboxylic acids is 1. The summed E-state index contributed by atoms with van der Waals surface area (Å²) in [6, 6.07) is 7.99. The molecule has 6 nitrogen and oxygen atoms in total. The van der Waals surface area contributed by atoms with Crippen molar-refractivity contribution in [2.75, 3.05) is 17.2 Å². The maximum absolute atomic E-state index is 12.1. The number of fused-ring (bicyclic) bond motifs is 1. The van der Waals surface area contributed by atoms with Gasteiger partial charge in [-0.25, -0.2) is 4.98 Å². The largest absolute Gasteiger partial charge is 0.361 e. The highest BCUT2D eigenvalue weighted by molar-refractivity contribution is 7.22. The number of aryl methyl sites for hydroxylation is 2. The molecule has 0 bridgehead atoms. The SMILES string of the molecule is Cc1nn(C)c(C)c1NC(=O)CCNc1nc2ccccc2s1. The average Bonchev–Trinajstić information content (AvgIpc) is 3.03. The van der Waals surface area contributed by atoms with Gasteiger partial charge in [0, 0.05) is 20.0 Å². The van der Waals surface area contributed by atoms with Crippen LogP contribution >= 0.6 is 11.3 Å². The van der Waals surface area contributed by atoms with Gasteiger partial charge in [-0.05, 0) is 26.0 Å². The summed E-state index contributed by atoms with van der Waals surface area (Å²) >= 11 is 1.59. The first-order chi connectivity index (χ1) is 11.0. The highest BCUT2D eigenvalue weighted by Crippen LogP contribution is 2.25. The minimum Gasteiger partial charge on any atom is -0.361 e. The first-order valence-corrected chi connectivity index (χ1v) is 8.25. The number of carbonyl (C=O) groups is 1. The molecule has 3 rings (SSSR count). The van der Waals surface area contributed by atoms with Gasteiger partial charge in [-0.2, -0.15) is 5.10 Å². The molecule has 3 aromatic rings. The monoisotopic (exact) mass is 329 g/mol. The number of hydrogen-bond donors (Lipinski definition) is 2. The van der Waals surface area contributed by atoms with Crippen LogP contribution < -0.4 is 10.6 Å². The van der Waals surface area contributed by atoms with Gasteiger partial charge in [-0.3, -0.25) is 9.48 Å². The molecular weight excluding hydrogens is 310 g/mol. The van der Waals surface area contributed by atoms with E-state index in [-0.39, 0.29) is 5.91 Å². The van der Waals surface area contributed by atoms with Gasteiger partial charge in [0.2, 0.25) is 5.91 Å². The number of aromatic nitrogens is 3. The molecule has 0 radical (unpaired) electrons. The van der Waals surface area contributed by atoms with Gasteiger partial charge in [-0.1, -0.05) is 23.5 Å². The van der Waals surface area contributed by atoms with Crippen molar-refractivity contribution in [2.45, 2.75) is 20.3 Å². The van der Waals surface area contributed by atoms with Gasteiger partial charge in [0.05, 0.1) is 27.3 Å². The molecule has 0 spiro atoms. The minimum absolute atomic E-state index is 0.0298. The van der Waals surface area contributed by atoms with Crippen molar-refractivity contribution in [3.63, 3.8) is 0 Å². The van der Waals surface area contributed by atoms with Crippen molar-refractivity contribution in [2.24, 2.45) is 7.05 Å². The summed E-state index contributed by atoms with van der Waals surface area (Å²) in [6.07, 6.45) is 0.379. The zero-order valence-electron chi connectivity index (χ0n) is 13.4. The molecule has 1 aromatic carbocycles. The van der Waals surface area contributed by atoms with Crippen molar-refractivity contribution in [3.8, 4) is 0 Å². The summed E-state index contributed by atoms with van der Waals surface area (Å²) in [7, 11) is 1.87. The zero-order valence-corrected chi connectivity index (χ0v) is 14.2. The van der Waals surface area contributed by atoms with Gasteiger partial charge in [-0.15, -0.1) is 0 Å². The van der Waals surface area contributed by atoms with Crippen LogP contribution in [0.5, 0.6) is 0 Å². The number of amides is 1. The predicted octanol–water partition coefficient (Wildman–Crippen LogP) is 3.09. The lowest BCUT2D eigenvalue weighted by Crippen LogP contribution is -2.17. The number of anilines is 2. The van der Waals surface area contributed by atoms with Gasteiger partial charge < -0.3 is 10.6 Å². The van der Waals surface area contributed by atoms with E-state index in [2.05, 4.69) is 20.7 Å². The second-order valence-corrected chi connectivity index (χ2v) is 6.41. The van der Waals surface area contributed by atoms with Crippen LogP contribution in [0, 0.1) is 13.8 Å². The van der Waals surface area contributed by atoms with E-state index in [0.29, 0.717) is 13.0 Å². The average molecular weight is 329 g/mol. The van der Waals surface area contributed by atoms with E-state index in [0.717, 1.165) is 32.4 Å². The Morgan fingerprint density at radius 1 is 1.30 bits per heavy atom. The molecule has 0 unspecified atom stereocenters. The Kier molecular flexibility index (Phi) is 4.29. The van der Waals surface area contributed by atoms with E-state index in [1.54, 1.807) is 16.0 Å². The molecule has 0 atom stereocenters. The van der Waals surface area contributed by atoms with Crippen molar-refractivity contribution >= 4 is 38.3 Å². The zero-order chi connectivity index (χ0) is 16.4. The molecular formula is C16H19N5OS. The third-order valence-electron chi connectivity index (χ3n) is 3.70. The molecule has 0 saturated carbocycles. The molecule has 0 saturated heterocycles. The van der Waals surface area contributed by atoms with Crippen LogP contribution in [0.2, 0.25) is 0 Å². The Balaban J connectivity index is 1.55. The number of hydrogen-bond acceptors (Lipinski definition) is 5. The number of thiazole rings is 1. The normalized spacial score (nSPS) is 10.9. The van der Waals surface area contributed by atoms with E-state index in [1.807, 2.05) is 45.2 Å². The molecule has 2 heterocycles. The lowest BCUT2D eigenvalue weighted by molar-refractivity contribution is -0.115. The highest BCUT2D eigenvalue weighted by atomic mass is 32.1. The van der Waals surface area contributed by atoms with Gasteiger partial charge in [0.15, 0.2) is 5.13 Å². The lowest BCUT2D eigenvalue weighted by atomic mass is 10.3. The Morgan fingerprint density at radius 3 is 2.78 bits per heavy atom. The fraction of sp³-hybridized carbons (Fsp3) is 0.312. The summed E-state index contributed by atoms with van der Waals surface area (Å²) in [5, 5.41) is 11.3.